The summed E-state index contributed by atoms with van der Waals surface area (Å²) >= 11 is 0. The van der Waals surface area contributed by atoms with Crippen LogP contribution in [0.5, 0.6) is 0 Å². The SMILES string of the molecule is c1ccc(-c2ccc(-n3c4ccccc4c4cc(-c5ccc6c(c5)c5ccccc5n6-c5ccc(-c6ccc7c8cccc9c%10ccccc%10n(c7c6)c98)cc5)ccc43)cc2)cc1. The van der Waals surface area contributed by atoms with Crippen molar-refractivity contribution in [2.45, 2.75) is 0 Å². The Hall–Kier alpha value is -8.40. The minimum Gasteiger partial charge on any atom is -0.309 e. The van der Waals surface area contributed by atoms with Crippen molar-refractivity contribution in [1.82, 2.24) is 13.5 Å². The Morgan fingerprint density at radius 3 is 1.16 bits per heavy atom. The van der Waals surface area contributed by atoms with Crippen molar-refractivity contribution >= 4 is 81.7 Å². The van der Waals surface area contributed by atoms with Gasteiger partial charge in [0.05, 0.1) is 38.6 Å². The van der Waals surface area contributed by atoms with Gasteiger partial charge in [-0.3, -0.25) is 0 Å². The van der Waals surface area contributed by atoms with Crippen molar-refractivity contribution in [3.63, 3.8) is 0 Å². The molecule has 4 heterocycles. The lowest BCUT2D eigenvalue weighted by atomic mass is 10.0. The summed E-state index contributed by atoms with van der Waals surface area (Å²) < 4.78 is 7.28. The highest BCUT2D eigenvalue weighted by atomic mass is 15.0. The van der Waals surface area contributed by atoms with Crippen molar-refractivity contribution in [1.29, 1.82) is 0 Å². The van der Waals surface area contributed by atoms with Crippen LogP contribution in [0, 0.1) is 0 Å². The maximum absolute atomic E-state index is 2.46. The third kappa shape index (κ3) is 4.96. The number of hydrogen-bond donors (Lipinski definition) is 0. The number of hydrogen-bond acceptors (Lipinski definition) is 0. The van der Waals surface area contributed by atoms with Gasteiger partial charge in [0.2, 0.25) is 0 Å². The van der Waals surface area contributed by atoms with E-state index in [1.165, 1.54) is 115 Å². The third-order valence-corrected chi connectivity index (χ3v) is 13.6. The number of nitrogens with zero attached hydrogens (tertiary/aromatic N) is 3. The van der Waals surface area contributed by atoms with Crippen LogP contribution < -0.4 is 0 Å². The minimum atomic E-state index is 1.15. The van der Waals surface area contributed by atoms with Crippen molar-refractivity contribution in [3.8, 4) is 44.8 Å². The van der Waals surface area contributed by atoms with Crippen molar-refractivity contribution in [3.05, 3.63) is 224 Å². The first kappa shape index (κ1) is 34.3. The van der Waals surface area contributed by atoms with E-state index < -0.39 is 0 Å². The predicted molar refractivity (Wildman–Crippen MR) is 266 cm³/mol. The van der Waals surface area contributed by atoms with Crippen LogP contribution >= 0.6 is 0 Å². The van der Waals surface area contributed by atoms with Crippen LogP contribution in [0.2, 0.25) is 0 Å². The second-order valence-corrected chi connectivity index (χ2v) is 16.9. The Morgan fingerprint density at radius 2 is 0.587 bits per heavy atom. The van der Waals surface area contributed by atoms with Gasteiger partial charge >= 0.3 is 0 Å². The van der Waals surface area contributed by atoms with Gasteiger partial charge in [0.1, 0.15) is 0 Å². The first-order valence-corrected chi connectivity index (χ1v) is 21.8. The summed E-state index contributed by atoms with van der Waals surface area (Å²) in [6.07, 6.45) is 0. The summed E-state index contributed by atoms with van der Waals surface area (Å²) in [6, 6.07) is 82.6. The molecule has 292 valence electrons. The smallest absolute Gasteiger partial charge is 0.0620 e. The van der Waals surface area contributed by atoms with Gasteiger partial charge in [-0.2, -0.15) is 0 Å². The maximum atomic E-state index is 2.46. The molecule has 14 aromatic rings. The van der Waals surface area contributed by atoms with Crippen LogP contribution in [-0.4, -0.2) is 13.5 Å². The molecule has 0 spiro atoms. The minimum absolute atomic E-state index is 1.15. The highest BCUT2D eigenvalue weighted by Gasteiger charge is 2.19. The zero-order valence-electron chi connectivity index (χ0n) is 34.2. The van der Waals surface area contributed by atoms with E-state index in [4.69, 9.17) is 0 Å². The van der Waals surface area contributed by atoms with Crippen LogP contribution in [-0.2, 0) is 0 Å². The van der Waals surface area contributed by atoms with E-state index in [1.807, 2.05) is 0 Å². The summed E-state index contributed by atoms with van der Waals surface area (Å²) in [6.45, 7) is 0. The fraction of sp³-hybridized carbons (Fsp3) is 0. The molecule has 3 nitrogen and oxygen atoms in total. The zero-order chi connectivity index (χ0) is 41.2. The summed E-state index contributed by atoms with van der Waals surface area (Å²) in [5.41, 5.74) is 18.2. The Kier molecular flexibility index (Phi) is 7.11. The maximum Gasteiger partial charge on any atom is 0.0620 e. The largest absolute Gasteiger partial charge is 0.309 e. The van der Waals surface area contributed by atoms with Crippen LogP contribution in [0.25, 0.3) is 126 Å². The summed E-state index contributed by atoms with van der Waals surface area (Å²) in [7, 11) is 0. The predicted octanol–water partition coefficient (Wildman–Crippen LogP) is 16.0. The lowest BCUT2D eigenvalue weighted by Crippen LogP contribution is -1.94. The molecule has 0 aliphatic carbocycles. The first-order chi connectivity index (χ1) is 31.2. The monoisotopic (exact) mass is 799 g/mol. The molecule has 0 saturated heterocycles. The van der Waals surface area contributed by atoms with Gasteiger partial charge in [0.15, 0.2) is 0 Å². The lowest BCUT2D eigenvalue weighted by molar-refractivity contribution is 1.18. The number of benzene rings is 10. The molecule has 0 N–H and O–H groups in total. The van der Waals surface area contributed by atoms with Crippen LogP contribution in [0.3, 0.4) is 0 Å². The number of rotatable bonds is 5. The van der Waals surface area contributed by atoms with E-state index in [0.29, 0.717) is 0 Å². The molecule has 0 bridgehead atoms. The zero-order valence-corrected chi connectivity index (χ0v) is 34.2. The molecule has 0 saturated carbocycles. The van der Waals surface area contributed by atoms with Crippen molar-refractivity contribution in [2.75, 3.05) is 0 Å². The summed E-state index contributed by atoms with van der Waals surface area (Å²) in [5.74, 6) is 0. The average molecular weight is 800 g/mol. The quantitative estimate of drug-likeness (QED) is 0.165. The van der Waals surface area contributed by atoms with Gasteiger partial charge in [-0.15, -0.1) is 0 Å². The van der Waals surface area contributed by atoms with Crippen molar-refractivity contribution in [2.24, 2.45) is 0 Å². The second kappa shape index (κ2) is 13.1. The van der Waals surface area contributed by atoms with Gasteiger partial charge in [-0.25, -0.2) is 0 Å². The van der Waals surface area contributed by atoms with E-state index in [-0.39, 0.29) is 0 Å². The number of para-hydroxylation sites is 4. The Bertz CT molecular complexity index is 4110. The van der Waals surface area contributed by atoms with E-state index in [9.17, 15) is 0 Å². The topological polar surface area (TPSA) is 14.3 Å². The van der Waals surface area contributed by atoms with Crippen LogP contribution in [0.4, 0.5) is 0 Å². The average Bonchev–Trinajstić information content (AvgIpc) is 4.08. The normalized spacial score (nSPS) is 12.1. The molecular formula is C60H37N3. The van der Waals surface area contributed by atoms with Gasteiger partial charge < -0.3 is 13.5 Å². The molecule has 4 aromatic heterocycles. The number of fused-ring (bicyclic) bond motifs is 12. The van der Waals surface area contributed by atoms with Crippen molar-refractivity contribution < 1.29 is 0 Å². The highest BCUT2D eigenvalue weighted by Crippen LogP contribution is 2.42. The van der Waals surface area contributed by atoms with E-state index in [2.05, 4.69) is 238 Å². The molecule has 0 aliphatic rings. The Labute approximate surface area is 362 Å². The fourth-order valence-corrected chi connectivity index (χ4v) is 10.7. The standard InChI is InChI=1S/C60H37N3/c1-2-11-38(12-3-1)39-21-28-44(29-22-39)61-54-18-7-5-14-47(54)52-35-41(26-33-57(52)61)42-27-34-58-53(36-42)48-15-6-8-19-55(48)62(58)45-30-23-40(24-31-45)43-25-32-49-51-17-10-16-50-46-13-4-9-20-56(46)63(60(50)51)59(49)37-43/h1-37H. The molecule has 0 unspecified atom stereocenters. The summed E-state index contributed by atoms with van der Waals surface area (Å²) in [5, 5.41) is 10.2. The fourth-order valence-electron chi connectivity index (χ4n) is 10.7. The molecular weight excluding hydrogens is 763 g/mol. The lowest BCUT2D eigenvalue weighted by Gasteiger charge is -2.11. The molecule has 10 aromatic carbocycles. The molecule has 0 amide bonds. The van der Waals surface area contributed by atoms with Crippen LogP contribution in [0.15, 0.2) is 224 Å². The molecule has 14 rings (SSSR count). The molecule has 0 aliphatic heterocycles. The van der Waals surface area contributed by atoms with Gasteiger partial charge in [-0.1, -0.05) is 152 Å². The number of aromatic nitrogens is 3. The highest BCUT2D eigenvalue weighted by molar-refractivity contribution is 6.23. The first-order valence-electron chi connectivity index (χ1n) is 21.8. The second-order valence-electron chi connectivity index (χ2n) is 16.9. The van der Waals surface area contributed by atoms with E-state index >= 15 is 0 Å². The summed E-state index contributed by atoms with van der Waals surface area (Å²) in [4.78, 5) is 0. The van der Waals surface area contributed by atoms with E-state index in [0.717, 1.165) is 11.4 Å². The van der Waals surface area contributed by atoms with Gasteiger partial charge in [-0.05, 0) is 106 Å². The Balaban J connectivity index is 0.850. The molecule has 0 radical (unpaired) electrons. The molecule has 0 fully saturated rings. The third-order valence-electron chi connectivity index (χ3n) is 13.6. The van der Waals surface area contributed by atoms with E-state index in [1.54, 1.807) is 0 Å². The molecule has 63 heavy (non-hydrogen) atoms. The molecule has 0 atom stereocenters. The van der Waals surface area contributed by atoms with Crippen LogP contribution in [0.1, 0.15) is 0 Å². The van der Waals surface area contributed by atoms with Gasteiger partial charge in [0, 0.05) is 54.5 Å². The Morgan fingerprint density at radius 1 is 0.206 bits per heavy atom. The molecule has 3 heteroatoms. The van der Waals surface area contributed by atoms with Gasteiger partial charge in [0.25, 0.3) is 0 Å².